The van der Waals surface area contributed by atoms with Gasteiger partial charge < -0.3 is 15.4 Å². The van der Waals surface area contributed by atoms with Crippen molar-refractivity contribution in [2.24, 2.45) is 10.9 Å². The van der Waals surface area contributed by atoms with Crippen molar-refractivity contribution in [1.82, 2.24) is 15.6 Å². The molecule has 1 aromatic rings. The number of halogens is 1. The van der Waals surface area contributed by atoms with E-state index in [4.69, 9.17) is 4.74 Å². The highest BCUT2D eigenvalue weighted by atomic mass is 127. The maximum Gasteiger partial charge on any atom is 0.191 e. The zero-order valence-electron chi connectivity index (χ0n) is 14.9. The molecule has 0 aliphatic rings. The minimum absolute atomic E-state index is 0. The lowest BCUT2D eigenvalue weighted by Crippen LogP contribution is -2.39. The molecule has 0 saturated carbocycles. The fourth-order valence-electron chi connectivity index (χ4n) is 2.13. The van der Waals surface area contributed by atoms with Gasteiger partial charge in [-0.05, 0) is 33.1 Å². The van der Waals surface area contributed by atoms with Crippen LogP contribution in [0.5, 0.6) is 0 Å². The lowest BCUT2D eigenvalue weighted by molar-refractivity contribution is 0.0258. The molecule has 0 bridgehead atoms. The largest absolute Gasteiger partial charge is 0.378 e. The van der Waals surface area contributed by atoms with Gasteiger partial charge in [0.25, 0.3) is 0 Å². The van der Waals surface area contributed by atoms with Crippen LogP contribution in [0.25, 0.3) is 0 Å². The van der Waals surface area contributed by atoms with Gasteiger partial charge in [0.05, 0.1) is 23.9 Å². The molecule has 0 aliphatic heterocycles. The number of aliphatic imine (C=N–C) groups is 1. The van der Waals surface area contributed by atoms with E-state index in [1.54, 1.807) is 11.3 Å². The number of nitrogens with one attached hydrogen (secondary N) is 2. The van der Waals surface area contributed by atoms with E-state index in [1.165, 1.54) is 4.88 Å². The highest BCUT2D eigenvalue weighted by Crippen LogP contribution is 2.13. The van der Waals surface area contributed by atoms with Crippen molar-refractivity contribution in [2.75, 3.05) is 19.7 Å². The molecule has 1 aromatic heterocycles. The Morgan fingerprint density at radius 1 is 1.35 bits per heavy atom. The summed E-state index contributed by atoms with van der Waals surface area (Å²) in [6.45, 7) is 13.7. The number of hydrogen-bond acceptors (Lipinski definition) is 4. The molecular weight excluding hydrogens is 423 g/mol. The summed E-state index contributed by atoms with van der Waals surface area (Å²) in [5.74, 6) is 1.38. The molecule has 2 N–H and O–H groups in total. The third-order valence-electron chi connectivity index (χ3n) is 3.42. The Kier molecular flexibility index (Phi) is 12.7. The number of aromatic nitrogens is 1. The van der Waals surface area contributed by atoms with E-state index in [2.05, 4.69) is 41.4 Å². The number of ether oxygens (including phenoxy) is 1. The van der Waals surface area contributed by atoms with Crippen LogP contribution in [0.3, 0.4) is 0 Å². The number of rotatable bonds is 9. The highest BCUT2D eigenvalue weighted by Gasteiger charge is 2.13. The molecular formula is C16H31IN4OS. The predicted octanol–water partition coefficient (Wildman–Crippen LogP) is 3.58. The number of thiazole rings is 1. The van der Waals surface area contributed by atoms with E-state index < -0.39 is 0 Å². The molecule has 1 atom stereocenters. The monoisotopic (exact) mass is 454 g/mol. The van der Waals surface area contributed by atoms with Crippen LogP contribution in [0, 0.1) is 12.8 Å². The summed E-state index contributed by atoms with van der Waals surface area (Å²) in [5, 5.41) is 6.67. The van der Waals surface area contributed by atoms with E-state index in [-0.39, 0.29) is 24.0 Å². The van der Waals surface area contributed by atoms with Crippen molar-refractivity contribution in [1.29, 1.82) is 0 Å². The minimum atomic E-state index is 0. The van der Waals surface area contributed by atoms with Crippen molar-refractivity contribution >= 4 is 41.3 Å². The Hall–Kier alpha value is -0.410. The molecule has 0 fully saturated rings. The zero-order chi connectivity index (χ0) is 16.4. The number of guanidine groups is 1. The van der Waals surface area contributed by atoms with Crippen LogP contribution in [0.1, 0.15) is 44.7 Å². The first-order chi connectivity index (χ1) is 10.6. The summed E-state index contributed by atoms with van der Waals surface area (Å²) in [7, 11) is 0. The molecule has 0 amide bonds. The average molecular weight is 454 g/mol. The number of hydrogen-bond donors (Lipinski definition) is 2. The summed E-state index contributed by atoms with van der Waals surface area (Å²) in [6, 6.07) is 0. The predicted molar refractivity (Wildman–Crippen MR) is 110 cm³/mol. The smallest absolute Gasteiger partial charge is 0.191 e. The summed E-state index contributed by atoms with van der Waals surface area (Å²) in [6.07, 6.45) is 1.28. The molecule has 134 valence electrons. The second kappa shape index (κ2) is 12.9. The van der Waals surface area contributed by atoms with Gasteiger partial charge in [-0.3, -0.25) is 0 Å². The van der Waals surface area contributed by atoms with Crippen molar-refractivity contribution in [2.45, 2.75) is 53.7 Å². The van der Waals surface area contributed by atoms with Crippen LogP contribution < -0.4 is 10.6 Å². The molecule has 1 rings (SSSR count). The standard InChI is InChI=1S/C16H30N4OS.HI/c1-6-17-16(19-10-15-13(5)20-11-22-15)18-9-8-14(12(3)4)21-7-2;/h11-12,14H,6-10H2,1-5H3,(H2,17,18,19);1H. The Labute approximate surface area is 161 Å². The maximum atomic E-state index is 5.77. The van der Waals surface area contributed by atoms with Crippen LogP contribution in [0.2, 0.25) is 0 Å². The second-order valence-electron chi connectivity index (χ2n) is 5.51. The summed E-state index contributed by atoms with van der Waals surface area (Å²) in [5.41, 5.74) is 2.94. The first-order valence-electron chi connectivity index (χ1n) is 8.11. The molecule has 0 spiro atoms. The Morgan fingerprint density at radius 3 is 2.61 bits per heavy atom. The van der Waals surface area contributed by atoms with E-state index >= 15 is 0 Å². The molecule has 0 aromatic carbocycles. The van der Waals surface area contributed by atoms with E-state index in [0.717, 1.165) is 37.8 Å². The van der Waals surface area contributed by atoms with Gasteiger partial charge in [0.15, 0.2) is 5.96 Å². The zero-order valence-corrected chi connectivity index (χ0v) is 18.0. The van der Waals surface area contributed by atoms with Gasteiger partial charge in [-0.15, -0.1) is 35.3 Å². The van der Waals surface area contributed by atoms with Gasteiger partial charge in [-0.25, -0.2) is 9.98 Å². The molecule has 23 heavy (non-hydrogen) atoms. The van der Waals surface area contributed by atoms with Gasteiger partial charge in [-0.1, -0.05) is 13.8 Å². The average Bonchev–Trinajstić information content (AvgIpc) is 2.89. The first-order valence-corrected chi connectivity index (χ1v) is 8.99. The van der Waals surface area contributed by atoms with Crippen LogP contribution in [0.4, 0.5) is 0 Å². The highest BCUT2D eigenvalue weighted by molar-refractivity contribution is 14.0. The molecule has 1 heterocycles. The van der Waals surface area contributed by atoms with E-state index in [0.29, 0.717) is 18.6 Å². The normalized spacial score (nSPS) is 12.9. The fourth-order valence-corrected chi connectivity index (χ4v) is 2.83. The first kappa shape index (κ1) is 22.6. The summed E-state index contributed by atoms with van der Waals surface area (Å²) >= 11 is 1.66. The summed E-state index contributed by atoms with van der Waals surface area (Å²) in [4.78, 5) is 10.1. The Balaban J connectivity index is 0.00000484. The summed E-state index contributed by atoms with van der Waals surface area (Å²) < 4.78 is 5.77. The van der Waals surface area contributed by atoms with Crippen LogP contribution >= 0.6 is 35.3 Å². The third-order valence-corrected chi connectivity index (χ3v) is 4.34. The van der Waals surface area contributed by atoms with Gasteiger partial charge in [0.1, 0.15) is 0 Å². The van der Waals surface area contributed by atoms with E-state index in [1.807, 2.05) is 19.4 Å². The SMILES string of the molecule is CCNC(=NCc1scnc1C)NCCC(OCC)C(C)C.I. The van der Waals surface area contributed by atoms with E-state index in [9.17, 15) is 0 Å². The number of aryl methyl sites for hydroxylation is 1. The molecule has 0 radical (unpaired) electrons. The number of nitrogens with zero attached hydrogens (tertiary/aromatic N) is 2. The topological polar surface area (TPSA) is 58.5 Å². The van der Waals surface area contributed by atoms with Crippen molar-refractivity contribution in [3.8, 4) is 0 Å². The van der Waals surface area contributed by atoms with Crippen LogP contribution in [-0.2, 0) is 11.3 Å². The lowest BCUT2D eigenvalue weighted by atomic mass is 10.0. The minimum Gasteiger partial charge on any atom is -0.378 e. The Bertz CT molecular complexity index is 451. The quantitative estimate of drug-likeness (QED) is 0.340. The van der Waals surface area contributed by atoms with Gasteiger partial charge in [-0.2, -0.15) is 0 Å². The van der Waals surface area contributed by atoms with Gasteiger partial charge in [0, 0.05) is 24.6 Å². The van der Waals surface area contributed by atoms with Crippen LogP contribution in [-0.4, -0.2) is 36.7 Å². The third kappa shape index (κ3) is 8.85. The lowest BCUT2D eigenvalue weighted by Gasteiger charge is -2.21. The molecule has 5 nitrogen and oxygen atoms in total. The van der Waals surface area contributed by atoms with Crippen molar-refractivity contribution in [3.63, 3.8) is 0 Å². The van der Waals surface area contributed by atoms with Gasteiger partial charge >= 0.3 is 0 Å². The molecule has 1 unspecified atom stereocenters. The molecule has 0 aliphatic carbocycles. The molecule has 7 heteroatoms. The van der Waals surface area contributed by atoms with Crippen molar-refractivity contribution < 1.29 is 4.74 Å². The van der Waals surface area contributed by atoms with Crippen LogP contribution in [0.15, 0.2) is 10.5 Å². The van der Waals surface area contributed by atoms with Crippen molar-refractivity contribution in [3.05, 3.63) is 16.1 Å². The maximum absolute atomic E-state index is 5.77. The fraction of sp³-hybridized carbons (Fsp3) is 0.750. The van der Waals surface area contributed by atoms with Gasteiger partial charge in [0.2, 0.25) is 0 Å². The molecule has 0 saturated heterocycles. The second-order valence-corrected chi connectivity index (χ2v) is 6.45. The Morgan fingerprint density at radius 2 is 2.09 bits per heavy atom.